The second kappa shape index (κ2) is 6.56. The van der Waals surface area contributed by atoms with Crippen LogP contribution in [0.5, 0.6) is 0 Å². The van der Waals surface area contributed by atoms with E-state index in [-0.39, 0.29) is 12.6 Å². The van der Waals surface area contributed by atoms with Crippen LogP contribution in [0.4, 0.5) is 0 Å². The van der Waals surface area contributed by atoms with E-state index in [1.54, 1.807) is 7.05 Å². The molecule has 2 amide bonds. The van der Waals surface area contributed by atoms with E-state index in [2.05, 4.69) is 5.32 Å². The minimum atomic E-state index is -0.657. The summed E-state index contributed by atoms with van der Waals surface area (Å²) in [6.07, 6.45) is 2.85. The summed E-state index contributed by atoms with van der Waals surface area (Å²) in [5.74, 6) is -1.26. The van der Waals surface area contributed by atoms with E-state index >= 15 is 0 Å². The minimum absolute atomic E-state index is 0.250. The number of nitrogens with one attached hydrogen (secondary N) is 1. The Hall–Kier alpha value is -1.14. The first-order valence-electron chi connectivity index (χ1n) is 6.01. The number of carbonyl (C=O) groups is 2. The third-order valence-electron chi connectivity index (χ3n) is 3.14. The van der Waals surface area contributed by atoms with Crippen molar-refractivity contribution in [1.29, 1.82) is 0 Å². The molecular formula is C11H21N3O3. The van der Waals surface area contributed by atoms with Crippen LogP contribution in [0.15, 0.2) is 0 Å². The van der Waals surface area contributed by atoms with Crippen LogP contribution in [0, 0.1) is 0 Å². The molecule has 17 heavy (non-hydrogen) atoms. The second-order valence-corrected chi connectivity index (χ2v) is 4.38. The third kappa shape index (κ3) is 3.67. The summed E-state index contributed by atoms with van der Waals surface area (Å²) < 4.78 is 0. The van der Waals surface area contributed by atoms with Gasteiger partial charge in [-0.1, -0.05) is 12.8 Å². The van der Waals surface area contributed by atoms with Gasteiger partial charge in [-0.3, -0.25) is 9.59 Å². The highest BCUT2D eigenvalue weighted by Crippen LogP contribution is 2.22. The van der Waals surface area contributed by atoms with Crippen LogP contribution in [0.2, 0.25) is 0 Å². The Labute approximate surface area is 101 Å². The molecule has 1 fully saturated rings. The maximum Gasteiger partial charge on any atom is 0.311 e. The smallest absolute Gasteiger partial charge is 0.311 e. The fourth-order valence-corrected chi connectivity index (χ4v) is 2.12. The summed E-state index contributed by atoms with van der Waals surface area (Å²) in [5, 5.41) is 12.2. The Morgan fingerprint density at radius 2 is 2.06 bits per heavy atom. The van der Waals surface area contributed by atoms with E-state index in [9.17, 15) is 14.7 Å². The van der Waals surface area contributed by atoms with Gasteiger partial charge in [-0.2, -0.15) is 0 Å². The van der Waals surface area contributed by atoms with Crippen molar-refractivity contribution in [3.05, 3.63) is 0 Å². The SMILES string of the molecule is CN(C(=O)C(=O)NCCN)C1CCCCC1O. The second-order valence-electron chi connectivity index (χ2n) is 4.38. The van der Waals surface area contributed by atoms with Gasteiger partial charge in [0.2, 0.25) is 0 Å². The molecule has 6 nitrogen and oxygen atoms in total. The van der Waals surface area contributed by atoms with Crippen molar-refractivity contribution >= 4 is 11.8 Å². The number of carbonyl (C=O) groups excluding carboxylic acids is 2. The lowest BCUT2D eigenvalue weighted by Gasteiger charge is -2.34. The summed E-state index contributed by atoms with van der Waals surface area (Å²) >= 11 is 0. The van der Waals surface area contributed by atoms with E-state index in [1.165, 1.54) is 4.90 Å². The van der Waals surface area contributed by atoms with E-state index in [0.717, 1.165) is 19.3 Å². The van der Waals surface area contributed by atoms with E-state index in [0.29, 0.717) is 13.0 Å². The molecule has 2 atom stereocenters. The Balaban J connectivity index is 2.52. The van der Waals surface area contributed by atoms with E-state index < -0.39 is 17.9 Å². The fraction of sp³-hybridized carbons (Fsp3) is 0.818. The molecule has 98 valence electrons. The Morgan fingerprint density at radius 1 is 1.41 bits per heavy atom. The summed E-state index contributed by atoms with van der Waals surface area (Å²) in [7, 11) is 1.56. The van der Waals surface area contributed by atoms with Crippen molar-refractivity contribution in [3.8, 4) is 0 Å². The van der Waals surface area contributed by atoms with Gasteiger partial charge in [0.15, 0.2) is 0 Å². The Bertz CT molecular complexity index is 283. The molecule has 1 aliphatic rings. The Kier molecular flexibility index (Phi) is 5.37. The zero-order valence-electron chi connectivity index (χ0n) is 10.2. The molecule has 6 heteroatoms. The number of hydrogen-bond donors (Lipinski definition) is 3. The molecule has 0 saturated heterocycles. The van der Waals surface area contributed by atoms with Crippen LogP contribution in [-0.4, -0.2) is 54.1 Å². The number of aliphatic hydroxyl groups is 1. The molecule has 0 aromatic heterocycles. The van der Waals surface area contributed by atoms with Gasteiger partial charge < -0.3 is 21.1 Å². The molecule has 1 saturated carbocycles. The van der Waals surface area contributed by atoms with Gasteiger partial charge in [-0.15, -0.1) is 0 Å². The molecule has 0 aromatic rings. The quantitative estimate of drug-likeness (QED) is 0.544. The van der Waals surface area contributed by atoms with E-state index in [1.807, 2.05) is 0 Å². The van der Waals surface area contributed by atoms with Gasteiger partial charge in [-0.25, -0.2) is 0 Å². The van der Waals surface area contributed by atoms with Gasteiger partial charge in [-0.05, 0) is 12.8 Å². The molecule has 4 N–H and O–H groups in total. The Morgan fingerprint density at radius 3 is 2.65 bits per heavy atom. The first kappa shape index (κ1) is 13.9. The highest BCUT2D eigenvalue weighted by molar-refractivity contribution is 6.35. The van der Waals surface area contributed by atoms with Gasteiger partial charge in [0, 0.05) is 20.1 Å². The summed E-state index contributed by atoms with van der Waals surface area (Å²) in [6, 6.07) is -0.250. The zero-order valence-corrected chi connectivity index (χ0v) is 10.2. The van der Waals surface area contributed by atoms with Gasteiger partial charge in [0.05, 0.1) is 12.1 Å². The van der Waals surface area contributed by atoms with Crippen molar-refractivity contribution in [2.75, 3.05) is 20.1 Å². The van der Waals surface area contributed by atoms with Gasteiger partial charge >= 0.3 is 11.8 Å². The number of likely N-dealkylation sites (N-methyl/N-ethyl adjacent to an activating group) is 1. The number of aliphatic hydroxyl groups excluding tert-OH is 1. The van der Waals surface area contributed by atoms with Crippen LogP contribution in [0.1, 0.15) is 25.7 Å². The predicted molar refractivity (Wildman–Crippen MR) is 63.1 cm³/mol. The maximum atomic E-state index is 11.8. The molecule has 0 radical (unpaired) electrons. The normalized spacial score (nSPS) is 24.2. The fourth-order valence-electron chi connectivity index (χ4n) is 2.12. The molecule has 1 aliphatic carbocycles. The molecule has 0 aromatic carbocycles. The van der Waals surface area contributed by atoms with Crippen LogP contribution < -0.4 is 11.1 Å². The average Bonchev–Trinajstić information content (AvgIpc) is 2.34. The minimum Gasteiger partial charge on any atom is -0.391 e. The summed E-state index contributed by atoms with van der Waals surface area (Å²) in [5.41, 5.74) is 5.24. The lowest BCUT2D eigenvalue weighted by atomic mass is 9.91. The number of rotatable bonds is 3. The van der Waals surface area contributed by atoms with Crippen molar-refractivity contribution in [1.82, 2.24) is 10.2 Å². The largest absolute Gasteiger partial charge is 0.391 e. The molecule has 1 rings (SSSR count). The highest BCUT2D eigenvalue weighted by Gasteiger charge is 2.31. The average molecular weight is 243 g/mol. The van der Waals surface area contributed by atoms with Crippen molar-refractivity contribution < 1.29 is 14.7 Å². The highest BCUT2D eigenvalue weighted by atomic mass is 16.3. The molecule has 0 heterocycles. The number of nitrogens with two attached hydrogens (primary N) is 1. The maximum absolute atomic E-state index is 11.8. The summed E-state index contributed by atoms with van der Waals surface area (Å²) in [4.78, 5) is 24.6. The topological polar surface area (TPSA) is 95.7 Å². The standard InChI is InChI=1S/C11H21N3O3/c1-14(8-4-2-3-5-9(8)15)11(17)10(16)13-7-6-12/h8-9,15H,2-7,12H2,1H3,(H,13,16). The molecular weight excluding hydrogens is 222 g/mol. The first-order chi connectivity index (χ1) is 8.07. The first-order valence-corrected chi connectivity index (χ1v) is 6.01. The lowest BCUT2D eigenvalue weighted by Crippen LogP contribution is -2.51. The van der Waals surface area contributed by atoms with Crippen LogP contribution in [0.25, 0.3) is 0 Å². The lowest BCUT2D eigenvalue weighted by molar-refractivity contribution is -0.148. The molecule has 0 aliphatic heterocycles. The summed E-state index contributed by atoms with van der Waals surface area (Å²) in [6.45, 7) is 0.584. The van der Waals surface area contributed by atoms with Crippen LogP contribution in [-0.2, 0) is 9.59 Å². The van der Waals surface area contributed by atoms with Crippen LogP contribution >= 0.6 is 0 Å². The molecule has 0 bridgehead atoms. The number of nitrogens with zero attached hydrogens (tertiary/aromatic N) is 1. The van der Waals surface area contributed by atoms with Crippen LogP contribution in [0.3, 0.4) is 0 Å². The van der Waals surface area contributed by atoms with Gasteiger partial charge in [0.1, 0.15) is 0 Å². The molecule has 0 spiro atoms. The van der Waals surface area contributed by atoms with Crippen molar-refractivity contribution in [2.24, 2.45) is 5.73 Å². The van der Waals surface area contributed by atoms with Gasteiger partial charge in [0.25, 0.3) is 0 Å². The zero-order chi connectivity index (χ0) is 12.8. The van der Waals surface area contributed by atoms with Crippen molar-refractivity contribution in [3.63, 3.8) is 0 Å². The number of amides is 2. The molecule has 2 unspecified atom stereocenters. The third-order valence-corrected chi connectivity index (χ3v) is 3.14. The predicted octanol–water partition coefficient (Wildman–Crippen LogP) is -1.18. The number of hydrogen-bond acceptors (Lipinski definition) is 4. The monoisotopic (exact) mass is 243 g/mol. The van der Waals surface area contributed by atoms with E-state index in [4.69, 9.17) is 5.73 Å². The van der Waals surface area contributed by atoms with Crippen molar-refractivity contribution in [2.45, 2.75) is 37.8 Å².